The molecule has 22 heavy (non-hydrogen) atoms. The lowest BCUT2D eigenvalue weighted by molar-refractivity contribution is 0.286. The molecule has 0 N–H and O–H groups in total. The summed E-state index contributed by atoms with van der Waals surface area (Å²) in [5.74, 6) is 0.656. The molecule has 2 aromatic heterocycles. The van der Waals surface area contributed by atoms with Gasteiger partial charge in [-0.25, -0.2) is 4.79 Å². The SMILES string of the molecule is O=c1n(CCOc2ccc(Cl)cc2Br)nnn1-c1cccs1. The number of thiophene rings is 1. The van der Waals surface area contributed by atoms with Crippen LogP contribution >= 0.6 is 38.9 Å². The second-order valence-corrected chi connectivity index (χ2v) is 6.49. The summed E-state index contributed by atoms with van der Waals surface area (Å²) in [5.41, 5.74) is -0.291. The third-order valence-electron chi connectivity index (χ3n) is 2.81. The highest BCUT2D eigenvalue weighted by Crippen LogP contribution is 2.27. The van der Waals surface area contributed by atoms with Crippen LogP contribution in [0.1, 0.15) is 0 Å². The molecule has 0 atom stereocenters. The van der Waals surface area contributed by atoms with E-state index >= 15 is 0 Å². The molecule has 0 fully saturated rings. The number of tetrazole rings is 1. The van der Waals surface area contributed by atoms with Gasteiger partial charge in [0.25, 0.3) is 0 Å². The summed E-state index contributed by atoms with van der Waals surface area (Å²) < 4.78 is 8.90. The summed E-state index contributed by atoms with van der Waals surface area (Å²) in [6.45, 7) is 0.600. The summed E-state index contributed by atoms with van der Waals surface area (Å²) in [7, 11) is 0. The number of nitrogens with zero attached hydrogens (tertiary/aromatic N) is 4. The lowest BCUT2D eigenvalue weighted by Gasteiger charge is -2.07. The molecule has 0 saturated heterocycles. The van der Waals surface area contributed by atoms with Crippen molar-refractivity contribution in [2.45, 2.75) is 6.54 Å². The Hall–Kier alpha value is -1.64. The molecular weight excluding hydrogens is 392 g/mol. The number of ether oxygens (including phenoxy) is 1. The van der Waals surface area contributed by atoms with E-state index in [9.17, 15) is 4.79 Å². The molecule has 6 nitrogen and oxygen atoms in total. The van der Waals surface area contributed by atoms with Crippen LogP contribution in [0, 0.1) is 0 Å². The standard InChI is InChI=1S/C13H10BrClN4O2S/c14-10-8-9(15)3-4-11(10)21-6-5-18-13(20)19(17-16-18)12-2-1-7-22-12/h1-4,7-8H,5-6H2. The molecule has 1 aromatic carbocycles. The van der Waals surface area contributed by atoms with Crippen LogP contribution in [0.25, 0.3) is 5.00 Å². The molecule has 3 rings (SSSR count). The van der Waals surface area contributed by atoms with Crippen LogP contribution in [0.15, 0.2) is 45.0 Å². The van der Waals surface area contributed by atoms with Crippen LogP contribution in [0.2, 0.25) is 5.02 Å². The van der Waals surface area contributed by atoms with Gasteiger partial charge in [0.1, 0.15) is 17.4 Å². The van der Waals surface area contributed by atoms with Crippen molar-refractivity contribution >= 4 is 38.9 Å². The summed E-state index contributed by atoms with van der Waals surface area (Å²) in [6, 6.07) is 8.91. The Bertz CT molecular complexity index is 831. The largest absolute Gasteiger partial charge is 0.490 e. The van der Waals surface area contributed by atoms with Gasteiger partial charge < -0.3 is 4.74 Å². The maximum Gasteiger partial charge on any atom is 0.369 e. The van der Waals surface area contributed by atoms with E-state index < -0.39 is 0 Å². The van der Waals surface area contributed by atoms with Gasteiger partial charge in [0.15, 0.2) is 0 Å². The van der Waals surface area contributed by atoms with E-state index in [2.05, 4.69) is 26.4 Å². The van der Waals surface area contributed by atoms with Crippen LogP contribution in [-0.2, 0) is 6.54 Å². The molecule has 0 aliphatic rings. The van der Waals surface area contributed by atoms with Crippen molar-refractivity contribution in [1.82, 2.24) is 19.8 Å². The maximum absolute atomic E-state index is 12.1. The first-order chi connectivity index (χ1) is 10.6. The van der Waals surface area contributed by atoms with Crippen LogP contribution in [-0.4, -0.2) is 26.4 Å². The first kappa shape index (κ1) is 15.3. The van der Waals surface area contributed by atoms with Gasteiger partial charge >= 0.3 is 5.69 Å². The Labute approximate surface area is 143 Å². The summed E-state index contributed by atoms with van der Waals surface area (Å²) in [4.78, 5) is 12.1. The van der Waals surface area contributed by atoms with Crippen LogP contribution < -0.4 is 10.4 Å². The average molecular weight is 402 g/mol. The fourth-order valence-corrected chi connectivity index (χ4v) is 3.24. The molecule has 0 bridgehead atoms. The minimum Gasteiger partial charge on any atom is -0.490 e. The Kier molecular flexibility index (Phi) is 4.60. The monoisotopic (exact) mass is 400 g/mol. The predicted octanol–water partition coefficient (Wildman–Crippen LogP) is 2.99. The van der Waals surface area contributed by atoms with Crippen molar-refractivity contribution in [1.29, 1.82) is 0 Å². The molecule has 0 saturated carbocycles. The van der Waals surface area contributed by atoms with E-state index in [1.807, 2.05) is 17.5 Å². The first-order valence-electron chi connectivity index (χ1n) is 6.30. The van der Waals surface area contributed by atoms with Gasteiger partial charge in [-0.15, -0.1) is 11.3 Å². The summed E-state index contributed by atoms with van der Waals surface area (Å²) >= 11 is 10.7. The quantitative estimate of drug-likeness (QED) is 0.659. The zero-order chi connectivity index (χ0) is 15.5. The number of hydrogen-bond acceptors (Lipinski definition) is 5. The molecule has 3 aromatic rings. The normalized spacial score (nSPS) is 10.8. The Morgan fingerprint density at radius 3 is 2.91 bits per heavy atom. The van der Waals surface area contributed by atoms with Gasteiger partial charge in [-0.3, -0.25) is 0 Å². The molecule has 0 amide bonds. The Morgan fingerprint density at radius 2 is 2.18 bits per heavy atom. The number of rotatable bonds is 5. The molecule has 0 radical (unpaired) electrons. The van der Waals surface area contributed by atoms with E-state index in [-0.39, 0.29) is 5.69 Å². The third-order valence-corrected chi connectivity index (χ3v) is 4.51. The van der Waals surface area contributed by atoms with E-state index in [1.165, 1.54) is 20.7 Å². The van der Waals surface area contributed by atoms with Crippen molar-refractivity contribution in [3.05, 3.63) is 55.7 Å². The molecule has 0 aliphatic heterocycles. The van der Waals surface area contributed by atoms with E-state index in [1.54, 1.807) is 18.2 Å². The molecule has 114 valence electrons. The molecule has 0 spiro atoms. The molecule has 2 heterocycles. The number of benzene rings is 1. The van der Waals surface area contributed by atoms with Crippen molar-refractivity contribution in [3.63, 3.8) is 0 Å². The maximum atomic E-state index is 12.1. The minimum absolute atomic E-state index is 0.291. The lowest BCUT2D eigenvalue weighted by atomic mass is 10.3. The van der Waals surface area contributed by atoms with Crippen LogP contribution in [0.5, 0.6) is 5.75 Å². The fourth-order valence-electron chi connectivity index (χ4n) is 1.78. The first-order valence-corrected chi connectivity index (χ1v) is 8.35. The number of hydrogen-bond donors (Lipinski definition) is 0. The highest BCUT2D eigenvalue weighted by atomic mass is 79.9. The van der Waals surface area contributed by atoms with Crippen molar-refractivity contribution in [2.24, 2.45) is 0 Å². The molecule has 0 aliphatic carbocycles. The summed E-state index contributed by atoms with van der Waals surface area (Å²) in [5, 5.41) is 10.9. The van der Waals surface area contributed by atoms with E-state index in [0.29, 0.717) is 23.9 Å². The van der Waals surface area contributed by atoms with Gasteiger partial charge in [-0.1, -0.05) is 11.6 Å². The topological polar surface area (TPSA) is 61.9 Å². The van der Waals surface area contributed by atoms with E-state index in [0.717, 1.165) is 9.47 Å². The Morgan fingerprint density at radius 1 is 1.32 bits per heavy atom. The van der Waals surface area contributed by atoms with Gasteiger partial charge in [0.2, 0.25) is 0 Å². The molecule has 0 unspecified atom stereocenters. The second kappa shape index (κ2) is 6.64. The molecular formula is C13H10BrClN4O2S. The van der Waals surface area contributed by atoms with Crippen LogP contribution in [0.3, 0.4) is 0 Å². The lowest BCUT2D eigenvalue weighted by Crippen LogP contribution is -2.26. The van der Waals surface area contributed by atoms with Gasteiger partial charge in [0, 0.05) is 5.02 Å². The zero-order valence-corrected chi connectivity index (χ0v) is 14.3. The summed E-state index contributed by atoms with van der Waals surface area (Å²) in [6.07, 6.45) is 0. The average Bonchev–Trinajstić information content (AvgIpc) is 3.12. The smallest absolute Gasteiger partial charge is 0.369 e. The van der Waals surface area contributed by atoms with Crippen molar-refractivity contribution < 1.29 is 4.74 Å². The van der Waals surface area contributed by atoms with Gasteiger partial charge in [-0.05, 0) is 62.1 Å². The Balaban J connectivity index is 1.66. The zero-order valence-electron chi connectivity index (χ0n) is 11.1. The minimum atomic E-state index is -0.291. The number of halogens is 2. The van der Waals surface area contributed by atoms with Gasteiger partial charge in [-0.2, -0.15) is 9.36 Å². The third kappa shape index (κ3) is 3.23. The van der Waals surface area contributed by atoms with Crippen molar-refractivity contribution in [3.8, 4) is 10.8 Å². The fraction of sp³-hybridized carbons (Fsp3) is 0.154. The highest BCUT2D eigenvalue weighted by Gasteiger charge is 2.09. The van der Waals surface area contributed by atoms with Crippen LogP contribution in [0.4, 0.5) is 0 Å². The second-order valence-electron chi connectivity index (χ2n) is 4.27. The number of aromatic nitrogens is 4. The van der Waals surface area contributed by atoms with Crippen molar-refractivity contribution in [2.75, 3.05) is 6.61 Å². The predicted molar refractivity (Wildman–Crippen MR) is 88.1 cm³/mol. The molecule has 9 heteroatoms. The van der Waals surface area contributed by atoms with Gasteiger partial charge in [0.05, 0.1) is 11.0 Å². The van der Waals surface area contributed by atoms with E-state index in [4.69, 9.17) is 16.3 Å². The highest BCUT2D eigenvalue weighted by molar-refractivity contribution is 9.10.